The molecular formula is C12H14N2O5S. The van der Waals surface area contributed by atoms with Crippen molar-refractivity contribution in [3.8, 4) is 17.6 Å². The summed E-state index contributed by atoms with van der Waals surface area (Å²) in [6.45, 7) is 1.65. The van der Waals surface area contributed by atoms with Gasteiger partial charge in [-0.1, -0.05) is 0 Å². The maximum Gasteiger partial charge on any atom is 0.271 e. The van der Waals surface area contributed by atoms with Crippen molar-refractivity contribution in [1.29, 1.82) is 5.26 Å². The van der Waals surface area contributed by atoms with E-state index in [0.717, 1.165) is 6.26 Å². The molecule has 1 N–H and O–H groups in total. The molecule has 0 radical (unpaired) electrons. The molecule has 0 aliphatic rings. The maximum atomic E-state index is 11.3. The topological polar surface area (TPSA) is 105 Å². The molecule has 7 nitrogen and oxygen atoms in total. The normalized spacial score (nSPS) is 10.4. The quantitative estimate of drug-likeness (QED) is 0.815. The summed E-state index contributed by atoms with van der Waals surface area (Å²) in [5, 5.41) is 8.79. The number of nitrogens with zero attached hydrogens (tertiary/aromatic N) is 1. The molecule has 0 spiro atoms. The molecule has 0 saturated carbocycles. The zero-order valence-electron chi connectivity index (χ0n) is 11.0. The summed E-state index contributed by atoms with van der Waals surface area (Å²) in [7, 11) is -3.61. The first-order chi connectivity index (χ1) is 9.35. The van der Waals surface area contributed by atoms with Gasteiger partial charge in [-0.05, 0) is 19.1 Å². The van der Waals surface area contributed by atoms with Gasteiger partial charge in [-0.2, -0.15) is 5.26 Å². The number of nitriles is 1. The molecular weight excluding hydrogens is 284 g/mol. The van der Waals surface area contributed by atoms with E-state index in [9.17, 15) is 13.2 Å². The van der Waals surface area contributed by atoms with Gasteiger partial charge in [0.25, 0.3) is 5.91 Å². The fourth-order valence-corrected chi connectivity index (χ4v) is 1.82. The Balaban J connectivity index is 2.77. The second-order valence-electron chi connectivity index (χ2n) is 3.79. The average Bonchev–Trinajstić information content (AvgIpc) is 2.35. The zero-order valence-corrected chi connectivity index (χ0v) is 11.9. The predicted molar refractivity (Wildman–Crippen MR) is 70.8 cm³/mol. The number of sulfonamides is 1. The third-order valence-corrected chi connectivity index (χ3v) is 2.63. The summed E-state index contributed by atoms with van der Waals surface area (Å²) in [5.41, 5.74) is 0.390. The number of carbonyl (C=O) groups is 1. The minimum atomic E-state index is -3.61. The van der Waals surface area contributed by atoms with Gasteiger partial charge >= 0.3 is 0 Å². The Morgan fingerprint density at radius 3 is 2.60 bits per heavy atom. The molecule has 1 aromatic carbocycles. The lowest BCUT2D eigenvalue weighted by Gasteiger charge is -2.11. The number of carbonyl (C=O) groups excluding carboxylic acids is 1. The second kappa shape index (κ2) is 6.77. The summed E-state index contributed by atoms with van der Waals surface area (Å²) in [5.74, 6) is -0.215. The van der Waals surface area contributed by atoms with Gasteiger partial charge in [0.2, 0.25) is 10.0 Å². The van der Waals surface area contributed by atoms with Crippen LogP contribution in [0.2, 0.25) is 0 Å². The Kier molecular flexibility index (Phi) is 5.34. The van der Waals surface area contributed by atoms with Crippen molar-refractivity contribution in [3.63, 3.8) is 0 Å². The predicted octanol–water partition coefficient (Wildman–Crippen LogP) is 0.412. The number of hydrogen-bond acceptors (Lipinski definition) is 6. The highest BCUT2D eigenvalue weighted by atomic mass is 32.2. The lowest BCUT2D eigenvalue weighted by atomic mass is 10.2. The zero-order chi connectivity index (χ0) is 15.2. The number of nitrogens with one attached hydrogen (secondary N) is 1. The van der Waals surface area contributed by atoms with E-state index in [1.807, 2.05) is 6.07 Å². The molecule has 0 saturated heterocycles. The molecule has 0 atom stereocenters. The number of hydrogen-bond donors (Lipinski definition) is 1. The Morgan fingerprint density at radius 2 is 2.05 bits per heavy atom. The first kappa shape index (κ1) is 15.8. The van der Waals surface area contributed by atoms with Gasteiger partial charge in [0.1, 0.15) is 0 Å². The highest BCUT2D eigenvalue weighted by molar-refractivity contribution is 7.89. The molecule has 0 unspecified atom stereocenters. The van der Waals surface area contributed by atoms with Crippen LogP contribution >= 0.6 is 0 Å². The Labute approximate surface area is 117 Å². The molecule has 0 fully saturated rings. The van der Waals surface area contributed by atoms with E-state index in [2.05, 4.69) is 0 Å². The number of benzene rings is 1. The van der Waals surface area contributed by atoms with Crippen LogP contribution in [0.5, 0.6) is 11.5 Å². The van der Waals surface area contributed by atoms with Gasteiger partial charge in [0.05, 0.1) is 24.5 Å². The standard InChI is InChI=1S/C12H14N2O5S/c1-3-18-11-6-9(7-13)4-5-10(11)19-8-12(15)14-20(2,16)17/h4-6H,3,8H2,1-2H3,(H,14,15). The summed E-state index contributed by atoms with van der Waals surface area (Å²) < 4.78 is 34.0. The van der Waals surface area contributed by atoms with E-state index < -0.39 is 22.5 Å². The Bertz CT molecular complexity index is 634. The summed E-state index contributed by atoms with van der Waals surface area (Å²) in [4.78, 5) is 11.3. The second-order valence-corrected chi connectivity index (χ2v) is 5.54. The molecule has 0 heterocycles. The van der Waals surface area contributed by atoms with Gasteiger partial charge in [-0.3, -0.25) is 9.52 Å². The number of rotatable bonds is 6. The monoisotopic (exact) mass is 298 g/mol. The van der Waals surface area contributed by atoms with Crippen molar-refractivity contribution in [3.05, 3.63) is 23.8 Å². The van der Waals surface area contributed by atoms with Gasteiger partial charge in [-0.15, -0.1) is 0 Å². The first-order valence-electron chi connectivity index (χ1n) is 5.66. The maximum absolute atomic E-state index is 11.3. The Morgan fingerprint density at radius 1 is 1.35 bits per heavy atom. The minimum absolute atomic E-state index is 0.259. The largest absolute Gasteiger partial charge is 0.490 e. The van der Waals surface area contributed by atoms with Crippen LogP contribution in [0.4, 0.5) is 0 Å². The molecule has 0 aliphatic carbocycles. The van der Waals surface area contributed by atoms with Crippen LogP contribution < -0.4 is 14.2 Å². The van der Waals surface area contributed by atoms with E-state index in [1.165, 1.54) is 18.2 Å². The number of ether oxygens (including phenoxy) is 2. The molecule has 20 heavy (non-hydrogen) atoms. The summed E-state index contributed by atoms with van der Waals surface area (Å²) in [6, 6.07) is 6.42. The lowest BCUT2D eigenvalue weighted by molar-refractivity contribution is -0.121. The van der Waals surface area contributed by atoms with E-state index in [1.54, 1.807) is 11.6 Å². The van der Waals surface area contributed by atoms with Crippen LogP contribution in [0.25, 0.3) is 0 Å². The van der Waals surface area contributed by atoms with Crippen molar-refractivity contribution in [2.75, 3.05) is 19.5 Å². The van der Waals surface area contributed by atoms with E-state index >= 15 is 0 Å². The van der Waals surface area contributed by atoms with Crippen LogP contribution in [0.15, 0.2) is 18.2 Å². The van der Waals surface area contributed by atoms with Crippen molar-refractivity contribution in [1.82, 2.24) is 4.72 Å². The molecule has 8 heteroatoms. The average molecular weight is 298 g/mol. The fraction of sp³-hybridized carbons (Fsp3) is 0.333. The van der Waals surface area contributed by atoms with Crippen molar-refractivity contribution >= 4 is 15.9 Å². The molecule has 1 amide bonds. The van der Waals surface area contributed by atoms with Crippen LogP contribution in [-0.4, -0.2) is 33.8 Å². The van der Waals surface area contributed by atoms with Gasteiger partial charge in [0, 0.05) is 6.07 Å². The number of amides is 1. The fourth-order valence-electron chi connectivity index (χ4n) is 1.34. The van der Waals surface area contributed by atoms with E-state index in [0.29, 0.717) is 17.9 Å². The lowest BCUT2D eigenvalue weighted by Crippen LogP contribution is -2.33. The van der Waals surface area contributed by atoms with Gasteiger partial charge in [-0.25, -0.2) is 8.42 Å². The van der Waals surface area contributed by atoms with Crippen LogP contribution in [-0.2, 0) is 14.8 Å². The minimum Gasteiger partial charge on any atom is -0.490 e. The smallest absolute Gasteiger partial charge is 0.271 e. The summed E-state index contributed by atoms with van der Waals surface area (Å²) >= 11 is 0. The van der Waals surface area contributed by atoms with Crippen molar-refractivity contribution < 1.29 is 22.7 Å². The first-order valence-corrected chi connectivity index (χ1v) is 7.55. The van der Waals surface area contributed by atoms with Crippen LogP contribution in [0.1, 0.15) is 12.5 Å². The van der Waals surface area contributed by atoms with Crippen molar-refractivity contribution in [2.24, 2.45) is 0 Å². The van der Waals surface area contributed by atoms with Crippen LogP contribution in [0.3, 0.4) is 0 Å². The molecule has 108 valence electrons. The SMILES string of the molecule is CCOc1cc(C#N)ccc1OCC(=O)NS(C)(=O)=O. The molecule has 0 bridgehead atoms. The van der Waals surface area contributed by atoms with Gasteiger partial charge < -0.3 is 9.47 Å². The third kappa shape index (κ3) is 5.16. The van der Waals surface area contributed by atoms with E-state index in [4.69, 9.17) is 14.7 Å². The molecule has 0 aromatic heterocycles. The third-order valence-electron chi connectivity index (χ3n) is 2.03. The van der Waals surface area contributed by atoms with Crippen molar-refractivity contribution in [2.45, 2.75) is 6.92 Å². The highest BCUT2D eigenvalue weighted by Crippen LogP contribution is 2.28. The molecule has 0 aliphatic heterocycles. The molecule has 1 aromatic rings. The Hall–Kier alpha value is -2.27. The van der Waals surface area contributed by atoms with E-state index in [-0.39, 0.29) is 5.75 Å². The highest BCUT2D eigenvalue weighted by Gasteiger charge is 2.12. The van der Waals surface area contributed by atoms with Crippen LogP contribution in [0, 0.1) is 11.3 Å². The summed E-state index contributed by atoms with van der Waals surface area (Å²) in [6.07, 6.45) is 0.873. The molecule has 1 rings (SSSR count). The van der Waals surface area contributed by atoms with Gasteiger partial charge in [0.15, 0.2) is 18.1 Å².